The third-order valence-electron chi connectivity index (χ3n) is 4.71. The third-order valence-corrected chi connectivity index (χ3v) is 4.71. The van der Waals surface area contributed by atoms with Crippen molar-refractivity contribution in [2.45, 2.75) is 25.7 Å². The molecule has 0 saturated carbocycles. The highest BCUT2D eigenvalue weighted by atomic mass is 35.5. The lowest BCUT2D eigenvalue weighted by atomic mass is 9.99. The van der Waals surface area contributed by atoms with Gasteiger partial charge in [-0.1, -0.05) is 12.1 Å². The lowest BCUT2D eigenvalue weighted by Gasteiger charge is -2.08. The Bertz CT molecular complexity index is 821. The second kappa shape index (κ2) is 9.81. The van der Waals surface area contributed by atoms with Crippen LogP contribution in [-0.2, 0) is 19.3 Å². The maximum absolute atomic E-state index is 5.80. The molecule has 0 fully saturated rings. The number of H-pyrrole nitrogens is 1. The molecule has 0 radical (unpaired) electrons. The molecule has 4 rings (SSSR count). The van der Waals surface area contributed by atoms with Crippen LogP contribution in [0.4, 0.5) is 0 Å². The summed E-state index contributed by atoms with van der Waals surface area (Å²) in [5.41, 5.74) is 5.65. The van der Waals surface area contributed by atoms with Crippen LogP contribution in [0.25, 0.3) is 10.9 Å². The van der Waals surface area contributed by atoms with Crippen molar-refractivity contribution in [2.24, 2.45) is 0 Å². The summed E-state index contributed by atoms with van der Waals surface area (Å²) in [7, 11) is 0. The predicted molar refractivity (Wildman–Crippen MR) is 111 cm³/mol. The average molecular weight is 394 g/mol. The standard InChI is InChI=1S/C20H23N3O.2ClH/c1-3-15(4-2-14-24-16-6-10-21-11-7-16)20-17-8-12-22-13-9-18(17)23-19(20)5-1;;/h1,3,5-7,10-11,22-23H,2,4,8-9,12-14H2;2*1H. The monoisotopic (exact) mass is 393 g/mol. The molecular weight excluding hydrogens is 369 g/mol. The van der Waals surface area contributed by atoms with Gasteiger partial charge in [0.15, 0.2) is 0 Å². The lowest BCUT2D eigenvalue weighted by Crippen LogP contribution is -2.16. The number of halogens is 2. The Hall–Kier alpha value is -1.75. The van der Waals surface area contributed by atoms with E-state index in [0.717, 1.165) is 51.1 Å². The maximum atomic E-state index is 5.80. The van der Waals surface area contributed by atoms with E-state index in [9.17, 15) is 0 Å². The van der Waals surface area contributed by atoms with Crippen LogP contribution in [0.5, 0.6) is 5.75 Å². The minimum absolute atomic E-state index is 0. The van der Waals surface area contributed by atoms with E-state index in [1.807, 2.05) is 12.1 Å². The minimum atomic E-state index is 0. The summed E-state index contributed by atoms with van der Waals surface area (Å²) in [6.45, 7) is 2.86. The first kappa shape index (κ1) is 20.6. The Morgan fingerprint density at radius 2 is 1.81 bits per heavy atom. The number of hydrogen-bond donors (Lipinski definition) is 2. The normalized spacial score (nSPS) is 13.2. The van der Waals surface area contributed by atoms with E-state index in [1.54, 1.807) is 12.4 Å². The van der Waals surface area contributed by atoms with Gasteiger partial charge >= 0.3 is 0 Å². The van der Waals surface area contributed by atoms with E-state index in [-0.39, 0.29) is 24.8 Å². The summed E-state index contributed by atoms with van der Waals surface area (Å²) in [4.78, 5) is 7.64. The van der Waals surface area contributed by atoms with Gasteiger partial charge in [0.25, 0.3) is 0 Å². The molecule has 1 aliphatic rings. The number of aromatic amines is 1. The summed E-state index contributed by atoms with van der Waals surface area (Å²) >= 11 is 0. The third kappa shape index (κ3) is 4.50. The van der Waals surface area contributed by atoms with Gasteiger partial charge in [0.05, 0.1) is 6.61 Å². The van der Waals surface area contributed by atoms with Gasteiger partial charge in [-0.3, -0.25) is 4.98 Å². The van der Waals surface area contributed by atoms with Crippen LogP contribution >= 0.6 is 24.8 Å². The zero-order chi connectivity index (χ0) is 16.2. The van der Waals surface area contributed by atoms with E-state index < -0.39 is 0 Å². The molecule has 3 aromatic rings. The molecule has 0 saturated heterocycles. The zero-order valence-electron chi connectivity index (χ0n) is 14.7. The molecule has 0 amide bonds. The number of hydrogen-bond acceptors (Lipinski definition) is 3. The highest BCUT2D eigenvalue weighted by molar-refractivity contribution is 5.88. The van der Waals surface area contributed by atoms with Crippen molar-refractivity contribution in [3.05, 3.63) is 59.5 Å². The highest BCUT2D eigenvalue weighted by Crippen LogP contribution is 2.28. The molecule has 0 unspecified atom stereocenters. The number of pyridine rings is 1. The topological polar surface area (TPSA) is 49.9 Å². The molecule has 2 aromatic heterocycles. The summed E-state index contributed by atoms with van der Waals surface area (Å²) < 4.78 is 5.80. The van der Waals surface area contributed by atoms with Crippen molar-refractivity contribution in [2.75, 3.05) is 19.7 Å². The number of nitrogens with zero attached hydrogens (tertiary/aromatic N) is 1. The summed E-state index contributed by atoms with van der Waals surface area (Å²) in [5, 5.41) is 4.93. The molecule has 4 nitrogen and oxygen atoms in total. The molecule has 0 bridgehead atoms. The predicted octanol–water partition coefficient (Wildman–Crippen LogP) is 4.11. The van der Waals surface area contributed by atoms with E-state index in [4.69, 9.17) is 4.74 Å². The van der Waals surface area contributed by atoms with E-state index in [2.05, 4.69) is 33.5 Å². The highest BCUT2D eigenvalue weighted by Gasteiger charge is 2.16. The first-order valence-corrected chi connectivity index (χ1v) is 8.76. The molecule has 2 N–H and O–H groups in total. The Morgan fingerprint density at radius 1 is 1.00 bits per heavy atom. The number of aromatic nitrogens is 2. The van der Waals surface area contributed by atoms with Gasteiger partial charge in [-0.05, 0) is 55.1 Å². The molecule has 0 atom stereocenters. The van der Waals surface area contributed by atoms with Gasteiger partial charge in [-0.2, -0.15) is 0 Å². The molecule has 1 aliphatic heterocycles. The van der Waals surface area contributed by atoms with E-state index >= 15 is 0 Å². The Balaban J connectivity index is 0.00000121. The summed E-state index contributed by atoms with van der Waals surface area (Å²) in [6, 6.07) is 10.4. The number of benzene rings is 1. The Morgan fingerprint density at radius 3 is 2.65 bits per heavy atom. The number of ether oxygens (including phenoxy) is 1. The summed E-state index contributed by atoms with van der Waals surface area (Å²) in [5.74, 6) is 0.893. The fourth-order valence-electron chi connectivity index (χ4n) is 3.59. The fourth-order valence-corrected chi connectivity index (χ4v) is 3.59. The minimum Gasteiger partial charge on any atom is -0.493 e. The smallest absolute Gasteiger partial charge is 0.122 e. The molecular formula is C20H25Cl2N3O. The Labute approximate surface area is 166 Å². The van der Waals surface area contributed by atoms with Crippen molar-refractivity contribution in [3.63, 3.8) is 0 Å². The molecule has 1 aromatic carbocycles. The largest absolute Gasteiger partial charge is 0.493 e. The van der Waals surface area contributed by atoms with Crippen LogP contribution in [0.3, 0.4) is 0 Å². The van der Waals surface area contributed by atoms with Crippen molar-refractivity contribution in [3.8, 4) is 5.75 Å². The first-order valence-electron chi connectivity index (χ1n) is 8.76. The maximum Gasteiger partial charge on any atom is 0.122 e. The molecule has 140 valence electrons. The second-order valence-corrected chi connectivity index (χ2v) is 6.31. The van der Waals surface area contributed by atoms with Gasteiger partial charge in [-0.15, -0.1) is 24.8 Å². The van der Waals surface area contributed by atoms with Crippen LogP contribution in [0.1, 0.15) is 23.2 Å². The van der Waals surface area contributed by atoms with Gasteiger partial charge in [-0.25, -0.2) is 0 Å². The fraction of sp³-hybridized carbons (Fsp3) is 0.350. The van der Waals surface area contributed by atoms with Gasteiger partial charge in [0.1, 0.15) is 5.75 Å². The van der Waals surface area contributed by atoms with Crippen molar-refractivity contribution >= 4 is 35.7 Å². The van der Waals surface area contributed by atoms with Crippen LogP contribution in [0.15, 0.2) is 42.7 Å². The SMILES string of the molecule is Cl.Cl.c1cc(CCCOc2ccncc2)c2c3c([nH]c2c1)CCNCC3. The van der Waals surface area contributed by atoms with Gasteiger partial charge in [0.2, 0.25) is 0 Å². The number of rotatable bonds is 5. The van der Waals surface area contributed by atoms with Gasteiger partial charge < -0.3 is 15.0 Å². The van der Waals surface area contributed by atoms with Crippen LogP contribution in [0.2, 0.25) is 0 Å². The first-order chi connectivity index (χ1) is 11.9. The molecule has 6 heteroatoms. The Kier molecular flexibility index (Phi) is 7.76. The molecule has 26 heavy (non-hydrogen) atoms. The summed E-state index contributed by atoms with van der Waals surface area (Å²) in [6.07, 6.45) is 7.78. The van der Waals surface area contributed by atoms with Crippen LogP contribution in [0, 0.1) is 0 Å². The average Bonchev–Trinajstić information content (AvgIpc) is 2.82. The van der Waals surface area contributed by atoms with Crippen molar-refractivity contribution in [1.82, 2.24) is 15.3 Å². The van der Waals surface area contributed by atoms with Crippen molar-refractivity contribution in [1.29, 1.82) is 0 Å². The number of fused-ring (bicyclic) bond motifs is 3. The second-order valence-electron chi connectivity index (χ2n) is 6.31. The quantitative estimate of drug-likeness (QED) is 0.641. The molecule has 3 heterocycles. The number of nitrogens with one attached hydrogen (secondary N) is 2. The van der Waals surface area contributed by atoms with E-state index in [0.29, 0.717) is 0 Å². The van der Waals surface area contributed by atoms with Crippen molar-refractivity contribution < 1.29 is 4.74 Å². The number of aryl methyl sites for hydroxylation is 1. The lowest BCUT2D eigenvalue weighted by molar-refractivity contribution is 0.311. The van der Waals surface area contributed by atoms with E-state index in [1.165, 1.54) is 27.7 Å². The zero-order valence-corrected chi connectivity index (χ0v) is 16.3. The van der Waals surface area contributed by atoms with Crippen LogP contribution < -0.4 is 10.1 Å². The van der Waals surface area contributed by atoms with Crippen LogP contribution in [-0.4, -0.2) is 29.7 Å². The molecule has 0 aliphatic carbocycles. The van der Waals surface area contributed by atoms with Gasteiger partial charge in [0, 0.05) is 42.0 Å². The molecule has 0 spiro atoms.